The lowest BCUT2D eigenvalue weighted by atomic mass is 9.93. The summed E-state index contributed by atoms with van der Waals surface area (Å²) in [5.41, 5.74) is 3.64. The van der Waals surface area contributed by atoms with Crippen LogP contribution in [0.1, 0.15) is 70.5 Å². The molecule has 8 nitrogen and oxygen atoms in total. The van der Waals surface area contributed by atoms with Crippen LogP contribution in [-0.4, -0.2) is 47.4 Å². The van der Waals surface area contributed by atoms with Gasteiger partial charge in [0.2, 0.25) is 11.7 Å². The van der Waals surface area contributed by atoms with Gasteiger partial charge in [-0.1, -0.05) is 119 Å². The normalized spacial score (nSPS) is 16.9. The number of carbonyl (C=O) groups is 4. The summed E-state index contributed by atoms with van der Waals surface area (Å²) in [6, 6.07) is 25.8. The summed E-state index contributed by atoms with van der Waals surface area (Å²) in [6.45, 7) is 8.25. The van der Waals surface area contributed by atoms with Gasteiger partial charge in [0, 0.05) is 13.0 Å². The first-order chi connectivity index (χ1) is 21.1. The van der Waals surface area contributed by atoms with Gasteiger partial charge in [-0.25, -0.2) is 4.79 Å². The summed E-state index contributed by atoms with van der Waals surface area (Å²) in [6.07, 6.45) is 0.753. The van der Waals surface area contributed by atoms with Crippen LogP contribution in [0.3, 0.4) is 0 Å². The maximum Gasteiger partial charge on any atom is 0.409 e. The van der Waals surface area contributed by atoms with Crippen molar-refractivity contribution in [3.63, 3.8) is 0 Å². The monoisotopic (exact) mass is 597 g/mol. The van der Waals surface area contributed by atoms with Gasteiger partial charge in [-0.2, -0.15) is 0 Å². The van der Waals surface area contributed by atoms with Crippen LogP contribution in [0.5, 0.6) is 0 Å². The summed E-state index contributed by atoms with van der Waals surface area (Å²) < 4.78 is 5.76. The number of likely N-dealkylation sites (tertiary alicyclic amines) is 1. The highest BCUT2D eigenvalue weighted by Gasteiger charge is 2.42. The minimum absolute atomic E-state index is 0.145. The van der Waals surface area contributed by atoms with E-state index in [9.17, 15) is 19.2 Å². The number of rotatable bonds is 12. The number of hydrogen-bond donors (Lipinski definition) is 2. The Balaban J connectivity index is 1.38. The lowest BCUT2D eigenvalue weighted by Gasteiger charge is -2.26. The second-order valence-corrected chi connectivity index (χ2v) is 12.3. The van der Waals surface area contributed by atoms with Gasteiger partial charge in [-0.05, 0) is 41.0 Å². The third-order valence-corrected chi connectivity index (χ3v) is 7.98. The Morgan fingerprint density at radius 2 is 1.50 bits per heavy atom. The van der Waals surface area contributed by atoms with Crippen LogP contribution >= 0.6 is 0 Å². The van der Waals surface area contributed by atoms with Gasteiger partial charge in [-0.15, -0.1) is 0 Å². The molecule has 2 N–H and O–H groups in total. The number of nitrogens with zero attached hydrogens (tertiary/aromatic N) is 1. The lowest BCUT2D eigenvalue weighted by Crippen LogP contribution is -2.49. The number of hydrogen-bond acceptors (Lipinski definition) is 5. The van der Waals surface area contributed by atoms with Gasteiger partial charge in [0.1, 0.15) is 6.04 Å². The average molecular weight is 598 g/mol. The molecule has 3 aromatic carbocycles. The van der Waals surface area contributed by atoms with E-state index in [0.29, 0.717) is 25.8 Å². The zero-order chi connectivity index (χ0) is 31.7. The first kappa shape index (κ1) is 32.5. The van der Waals surface area contributed by atoms with E-state index in [1.807, 2.05) is 106 Å². The fourth-order valence-corrected chi connectivity index (χ4v) is 5.51. The van der Waals surface area contributed by atoms with Crippen molar-refractivity contribution < 1.29 is 23.9 Å². The Morgan fingerprint density at radius 3 is 2.14 bits per heavy atom. The topological polar surface area (TPSA) is 105 Å². The molecule has 0 saturated carbocycles. The Labute approximate surface area is 260 Å². The number of Topliss-reactive ketones (excluding diaryl/α,β-unsaturated/α-hetero) is 1. The third kappa shape index (κ3) is 8.78. The smallest absolute Gasteiger partial charge is 0.409 e. The number of unbranched alkanes of at least 4 members (excludes halogenated alkanes) is 1. The van der Waals surface area contributed by atoms with E-state index in [1.54, 1.807) is 11.8 Å². The molecular weight excluding hydrogens is 554 g/mol. The van der Waals surface area contributed by atoms with Crippen molar-refractivity contribution >= 4 is 23.7 Å². The molecule has 3 aromatic rings. The molecule has 44 heavy (non-hydrogen) atoms. The molecule has 1 heterocycles. The standard InChI is InChI=1S/C36H43N3O5/c1-5-6-17-30(33(41)34(42)37-25(2)27-13-9-7-10-14-27)38-35(43)44-32-23-36(3,4)24-39(32)31(40)22-26-18-20-29(21-19-26)28-15-11-8-12-16-28/h7-16,18-21,25,30,32H,5-6,17,22-24H2,1-4H3,(H,37,42)(H,38,43)/t25-,30+,32?/m1/s1. The average Bonchev–Trinajstić information content (AvgIpc) is 3.33. The summed E-state index contributed by atoms with van der Waals surface area (Å²) in [5.74, 6) is -1.63. The fraction of sp³-hybridized carbons (Fsp3) is 0.389. The highest BCUT2D eigenvalue weighted by molar-refractivity contribution is 6.38. The van der Waals surface area contributed by atoms with E-state index in [1.165, 1.54) is 0 Å². The minimum Gasteiger partial charge on any atom is -0.425 e. The Morgan fingerprint density at radius 1 is 0.886 bits per heavy atom. The molecule has 0 bridgehead atoms. The zero-order valence-corrected chi connectivity index (χ0v) is 26.0. The number of carbonyl (C=O) groups excluding carboxylic acids is 4. The van der Waals surface area contributed by atoms with Gasteiger partial charge < -0.3 is 20.3 Å². The van der Waals surface area contributed by atoms with Crippen LogP contribution in [0.25, 0.3) is 11.1 Å². The van der Waals surface area contributed by atoms with Crippen molar-refractivity contribution in [2.45, 2.75) is 78.1 Å². The van der Waals surface area contributed by atoms with Crippen molar-refractivity contribution in [2.24, 2.45) is 5.41 Å². The van der Waals surface area contributed by atoms with E-state index < -0.39 is 30.1 Å². The highest BCUT2D eigenvalue weighted by Crippen LogP contribution is 2.35. The molecule has 1 aliphatic rings. The molecule has 8 heteroatoms. The van der Waals surface area contributed by atoms with E-state index in [4.69, 9.17) is 4.74 Å². The van der Waals surface area contributed by atoms with Crippen LogP contribution in [0, 0.1) is 5.41 Å². The van der Waals surface area contributed by atoms with Gasteiger partial charge in [0.15, 0.2) is 6.23 Å². The molecule has 1 fully saturated rings. The summed E-state index contributed by atoms with van der Waals surface area (Å²) in [4.78, 5) is 54.1. The number of nitrogens with one attached hydrogen (secondary N) is 2. The number of benzene rings is 3. The van der Waals surface area contributed by atoms with E-state index in [0.717, 1.165) is 28.7 Å². The molecular formula is C36H43N3O5. The molecule has 0 spiro atoms. The van der Waals surface area contributed by atoms with Crippen LogP contribution in [0.15, 0.2) is 84.9 Å². The molecule has 232 valence electrons. The van der Waals surface area contributed by atoms with Crippen LogP contribution in [0.2, 0.25) is 0 Å². The second-order valence-electron chi connectivity index (χ2n) is 12.3. The second kappa shape index (κ2) is 14.8. The molecule has 1 unspecified atom stereocenters. The summed E-state index contributed by atoms with van der Waals surface area (Å²) >= 11 is 0. The Bertz CT molecular complexity index is 1420. The molecule has 1 saturated heterocycles. The molecule has 1 aliphatic heterocycles. The summed E-state index contributed by atoms with van der Waals surface area (Å²) in [5, 5.41) is 5.36. The quantitative estimate of drug-likeness (QED) is 0.242. The number of ketones is 1. The minimum atomic E-state index is -1.04. The highest BCUT2D eigenvalue weighted by atomic mass is 16.6. The fourth-order valence-electron chi connectivity index (χ4n) is 5.51. The van der Waals surface area contributed by atoms with Crippen LogP contribution < -0.4 is 10.6 Å². The SMILES string of the molecule is CCCC[C@H](NC(=O)OC1CC(C)(C)CN1C(=O)Cc1ccc(-c2ccccc2)cc1)C(=O)C(=O)N[C@H](C)c1ccccc1. The maximum absolute atomic E-state index is 13.4. The Hall–Kier alpha value is -4.46. The van der Waals surface area contributed by atoms with Gasteiger partial charge >= 0.3 is 6.09 Å². The number of ether oxygens (including phenoxy) is 1. The third-order valence-electron chi connectivity index (χ3n) is 7.98. The predicted octanol–water partition coefficient (Wildman–Crippen LogP) is 6.21. The van der Waals surface area contributed by atoms with Gasteiger partial charge in [-0.3, -0.25) is 14.4 Å². The van der Waals surface area contributed by atoms with Gasteiger partial charge in [0.25, 0.3) is 5.91 Å². The molecule has 3 atom stereocenters. The largest absolute Gasteiger partial charge is 0.425 e. The van der Waals surface area contributed by atoms with Crippen LogP contribution in [0.4, 0.5) is 4.79 Å². The van der Waals surface area contributed by atoms with E-state index in [-0.39, 0.29) is 23.8 Å². The number of alkyl carbamates (subject to hydrolysis) is 1. The molecule has 3 amide bonds. The van der Waals surface area contributed by atoms with Crippen molar-refractivity contribution in [3.8, 4) is 11.1 Å². The Kier molecular flexibility index (Phi) is 10.9. The maximum atomic E-state index is 13.4. The molecule has 0 aliphatic carbocycles. The first-order valence-corrected chi connectivity index (χ1v) is 15.4. The summed E-state index contributed by atoms with van der Waals surface area (Å²) in [7, 11) is 0. The van der Waals surface area contributed by atoms with E-state index in [2.05, 4.69) is 10.6 Å². The zero-order valence-electron chi connectivity index (χ0n) is 26.0. The van der Waals surface area contributed by atoms with Crippen LogP contribution in [-0.2, 0) is 25.5 Å². The molecule has 0 aromatic heterocycles. The van der Waals surface area contributed by atoms with Crippen molar-refractivity contribution in [1.82, 2.24) is 15.5 Å². The lowest BCUT2D eigenvalue weighted by molar-refractivity contribution is -0.140. The molecule has 0 radical (unpaired) electrons. The number of amides is 3. The first-order valence-electron chi connectivity index (χ1n) is 15.4. The van der Waals surface area contributed by atoms with Crippen molar-refractivity contribution in [2.75, 3.05) is 6.54 Å². The predicted molar refractivity (Wildman–Crippen MR) is 170 cm³/mol. The van der Waals surface area contributed by atoms with E-state index >= 15 is 0 Å². The van der Waals surface area contributed by atoms with Gasteiger partial charge in [0.05, 0.1) is 12.5 Å². The molecule has 4 rings (SSSR count). The van der Waals surface area contributed by atoms with Crippen molar-refractivity contribution in [1.29, 1.82) is 0 Å². The van der Waals surface area contributed by atoms with Crippen molar-refractivity contribution in [3.05, 3.63) is 96.1 Å².